The molecule has 1 aliphatic heterocycles. The predicted molar refractivity (Wildman–Crippen MR) is 59.0 cm³/mol. The third-order valence-electron chi connectivity index (χ3n) is 2.81. The van der Waals surface area contributed by atoms with Gasteiger partial charge in [0.05, 0.1) is 25.3 Å². The zero-order valence-corrected chi connectivity index (χ0v) is 9.24. The Morgan fingerprint density at radius 3 is 3.00 bits per heavy atom. The van der Waals surface area contributed by atoms with Gasteiger partial charge in [0.15, 0.2) is 0 Å². The summed E-state index contributed by atoms with van der Waals surface area (Å²) in [7, 11) is 0. The molecule has 1 atom stereocenters. The maximum absolute atomic E-state index is 11.8. The first-order chi connectivity index (χ1) is 8.13. The van der Waals surface area contributed by atoms with E-state index >= 15 is 0 Å². The number of anilines is 1. The van der Waals surface area contributed by atoms with Crippen LogP contribution in [0.15, 0.2) is 12.3 Å². The number of nitrogens with zero attached hydrogens (tertiary/aromatic N) is 3. The van der Waals surface area contributed by atoms with Crippen molar-refractivity contribution in [2.45, 2.75) is 13.0 Å². The van der Waals surface area contributed by atoms with Gasteiger partial charge in [-0.25, -0.2) is 4.68 Å². The maximum atomic E-state index is 11.8. The molecule has 0 bridgehead atoms. The minimum atomic E-state index is -0.464. The molecule has 7 nitrogen and oxygen atoms in total. The van der Waals surface area contributed by atoms with Crippen LogP contribution in [0.5, 0.6) is 0 Å². The van der Waals surface area contributed by atoms with Gasteiger partial charge in [-0.05, 0) is 0 Å². The molecule has 2 amide bonds. The molecule has 2 heterocycles. The van der Waals surface area contributed by atoms with E-state index in [1.165, 1.54) is 9.58 Å². The summed E-state index contributed by atoms with van der Waals surface area (Å²) in [6.45, 7) is 0.536. The monoisotopic (exact) mass is 238 g/mol. The van der Waals surface area contributed by atoms with Gasteiger partial charge in [0, 0.05) is 19.0 Å². The summed E-state index contributed by atoms with van der Waals surface area (Å²) >= 11 is 0. The standard InChI is InChI=1S/C10H14N4O3/c11-10(17)7-5-9(16)13(6-7)8-1-2-12-14(8)3-4-15/h1-2,7,15H,3-6H2,(H2,11,17). The van der Waals surface area contributed by atoms with Gasteiger partial charge in [0.2, 0.25) is 11.8 Å². The highest BCUT2D eigenvalue weighted by Gasteiger charge is 2.35. The minimum absolute atomic E-state index is 0.0596. The van der Waals surface area contributed by atoms with E-state index in [1.54, 1.807) is 12.3 Å². The van der Waals surface area contributed by atoms with Crippen molar-refractivity contribution in [1.82, 2.24) is 9.78 Å². The molecule has 3 N–H and O–H groups in total. The van der Waals surface area contributed by atoms with Crippen LogP contribution >= 0.6 is 0 Å². The first-order valence-corrected chi connectivity index (χ1v) is 5.36. The number of carbonyl (C=O) groups is 2. The third kappa shape index (κ3) is 2.14. The fraction of sp³-hybridized carbons (Fsp3) is 0.500. The molecule has 1 aromatic heterocycles. The van der Waals surface area contributed by atoms with Crippen molar-refractivity contribution in [3.63, 3.8) is 0 Å². The van der Waals surface area contributed by atoms with Gasteiger partial charge < -0.3 is 10.8 Å². The van der Waals surface area contributed by atoms with E-state index < -0.39 is 11.8 Å². The largest absolute Gasteiger partial charge is 0.394 e. The number of aromatic nitrogens is 2. The van der Waals surface area contributed by atoms with E-state index in [0.29, 0.717) is 12.4 Å². The van der Waals surface area contributed by atoms with Crippen molar-refractivity contribution in [3.05, 3.63) is 12.3 Å². The molecular weight excluding hydrogens is 224 g/mol. The van der Waals surface area contributed by atoms with Crippen molar-refractivity contribution in [3.8, 4) is 0 Å². The van der Waals surface area contributed by atoms with Gasteiger partial charge in [0.1, 0.15) is 5.82 Å². The van der Waals surface area contributed by atoms with Gasteiger partial charge in [-0.15, -0.1) is 0 Å². The molecule has 1 fully saturated rings. The van der Waals surface area contributed by atoms with Crippen LogP contribution in [0.3, 0.4) is 0 Å². The van der Waals surface area contributed by atoms with Crippen LogP contribution < -0.4 is 10.6 Å². The lowest BCUT2D eigenvalue weighted by molar-refractivity contribution is -0.123. The van der Waals surface area contributed by atoms with Gasteiger partial charge in [-0.3, -0.25) is 14.5 Å². The van der Waals surface area contributed by atoms with E-state index in [-0.39, 0.29) is 25.5 Å². The Hall–Kier alpha value is -1.89. The molecule has 92 valence electrons. The predicted octanol–water partition coefficient (Wildman–Crippen LogP) is -1.29. The van der Waals surface area contributed by atoms with E-state index in [9.17, 15) is 9.59 Å². The van der Waals surface area contributed by atoms with Crippen molar-refractivity contribution < 1.29 is 14.7 Å². The molecular formula is C10H14N4O3. The summed E-state index contributed by atoms with van der Waals surface area (Å²) in [4.78, 5) is 24.3. The molecule has 0 radical (unpaired) electrons. The Bertz CT molecular complexity index is 443. The molecule has 2 rings (SSSR count). The average molecular weight is 238 g/mol. The number of primary amides is 1. The van der Waals surface area contributed by atoms with Crippen LogP contribution in [0.4, 0.5) is 5.82 Å². The number of carbonyl (C=O) groups excluding carboxylic acids is 2. The van der Waals surface area contributed by atoms with E-state index in [1.807, 2.05) is 0 Å². The minimum Gasteiger partial charge on any atom is -0.394 e. The van der Waals surface area contributed by atoms with Gasteiger partial charge in [-0.2, -0.15) is 5.10 Å². The molecule has 1 aliphatic rings. The molecule has 0 spiro atoms. The fourth-order valence-electron chi connectivity index (χ4n) is 1.94. The Kier molecular flexibility index (Phi) is 3.10. The lowest BCUT2D eigenvalue weighted by Crippen LogP contribution is -2.30. The van der Waals surface area contributed by atoms with E-state index in [4.69, 9.17) is 10.8 Å². The SMILES string of the molecule is NC(=O)C1CC(=O)N(c2ccnn2CCO)C1. The molecule has 7 heteroatoms. The lowest BCUT2D eigenvalue weighted by atomic mass is 10.1. The summed E-state index contributed by atoms with van der Waals surface area (Å²) < 4.78 is 1.53. The molecule has 17 heavy (non-hydrogen) atoms. The molecule has 0 aliphatic carbocycles. The van der Waals surface area contributed by atoms with Crippen LogP contribution in [0.2, 0.25) is 0 Å². The number of aliphatic hydroxyl groups is 1. The van der Waals surface area contributed by atoms with Gasteiger partial charge in [0.25, 0.3) is 0 Å². The maximum Gasteiger partial charge on any atom is 0.229 e. The quantitative estimate of drug-likeness (QED) is 0.681. The van der Waals surface area contributed by atoms with Crippen molar-refractivity contribution in [2.75, 3.05) is 18.1 Å². The van der Waals surface area contributed by atoms with Gasteiger partial charge in [-0.1, -0.05) is 0 Å². The van der Waals surface area contributed by atoms with Crippen molar-refractivity contribution >= 4 is 17.6 Å². The third-order valence-corrected chi connectivity index (χ3v) is 2.81. The first kappa shape index (κ1) is 11.6. The zero-order valence-electron chi connectivity index (χ0n) is 9.24. The summed E-state index contributed by atoms with van der Waals surface area (Å²) in [5.74, 6) is -0.463. The summed E-state index contributed by atoms with van der Waals surface area (Å²) in [6, 6.07) is 1.68. The smallest absolute Gasteiger partial charge is 0.229 e. The van der Waals surface area contributed by atoms with Crippen LogP contribution in [0, 0.1) is 5.92 Å². The number of hydrogen-bond donors (Lipinski definition) is 2. The highest BCUT2D eigenvalue weighted by atomic mass is 16.3. The second-order valence-electron chi connectivity index (χ2n) is 3.94. The molecule has 1 saturated heterocycles. The van der Waals surface area contributed by atoms with E-state index in [0.717, 1.165) is 0 Å². The Balaban J connectivity index is 2.20. The summed E-state index contributed by atoms with van der Waals surface area (Å²) in [6.07, 6.45) is 1.69. The highest BCUT2D eigenvalue weighted by molar-refractivity contribution is 5.99. The number of amides is 2. The molecule has 1 aromatic rings. The van der Waals surface area contributed by atoms with Crippen LogP contribution in [0.25, 0.3) is 0 Å². The van der Waals surface area contributed by atoms with Crippen molar-refractivity contribution in [2.24, 2.45) is 11.7 Å². The summed E-state index contributed by atoms with van der Waals surface area (Å²) in [5, 5.41) is 12.9. The lowest BCUT2D eigenvalue weighted by Gasteiger charge is -2.17. The highest BCUT2D eigenvalue weighted by Crippen LogP contribution is 2.24. The molecule has 0 aromatic carbocycles. The van der Waals surface area contributed by atoms with Crippen LogP contribution in [0.1, 0.15) is 6.42 Å². The topological polar surface area (TPSA) is 101 Å². The van der Waals surface area contributed by atoms with Gasteiger partial charge >= 0.3 is 0 Å². The molecule has 0 saturated carbocycles. The summed E-state index contributed by atoms with van der Waals surface area (Å²) in [5.41, 5.74) is 5.19. The number of aliphatic hydroxyl groups excluding tert-OH is 1. The Morgan fingerprint density at radius 2 is 2.41 bits per heavy atom. The Labute approximate surface area is 97.8 Å². The van der Waals surface area contributed by atoms with Crippen LogP contribution in [-0.2, 0) is 16.1 Å². The number of rotatable bonds is 4. The second-order valence-corrected chi connectivity index (χ2v) is 3.94. The first-order valence-electron chi connectivity index (χ1n) is 5.36. The number of nitrogens with two attached hydrogens (primary N) is 1. The zero-order chi connectivity index (χ0) is 12.4. The number of hydrogen-bond acceptors (Lipinski definition) is 4. The fourth-order valence-corrected chi connectivity index (χ4v) is 1.94. The Morgan fingerprint density at radius 1 is 1.65 bits per heavy atom. The molecule has 1 unspecified atom stereocenters. The van der Waals surface area contributed by atoms with E-state index in [2.05, 4.69) is 5.10 Å². The van der Waals surface area contributed by atoms with Crippen LogP contribution in [-0.4, -0.2) is 39.9 Å². The second kappa shape index (κ2) is 4.54. The van der Waals surface area contributed by atoms with Crippen molar-refractivity contribution in [1.29, 1.82) is 0 Å². The average Bonchev–Trinajstić information content (AvgIpc) is 2.85. The normalized spacial score (nSPS) is 19.9.